The molecular formula is C13H23NO. The van der Waals surface area contributed by atoms with E-state index in [1.54, 1.807) is 0 Å². The third kappa shape index (κ3) is 4.68. The summed E-state index contributed by atoms with van der Waals surface area (Å²) in [7, 11) is 0. The third-order valence-corrected chi connectivity index (χ3v) is 2.82. The van der Waals surface area contributed by atoms with Gasteiger partial charge in [0.25, 0.3) is 0 Å². The van der Waals surface area contributed by atoms with Crippen LogP contribution in [0.5, 0.6) is 0 Å². The van der Waals surface area contributed by atoms with Gasteiger partial charge in [0, 0.05) is 13.1 Å². The van der Waals surface area contributed by atoms with Crippen molar-refractivity contribution in [1.82, 2.24) is 4.90 Å². The maximum absolute atomic E-state index is 5.86. The summed E-state index contributed by atoms with van der Waals surface area (Å²) in [6.45, 7) is 9.74. The summed E-state index contributed by atoms with van der Waals surface area (Å²) in [5.74, 6) is 5.94. The van der Waals surface area contributed by atoms with Crippen LogP contribution in [-0.4, -0.2) is 36.7 Å². The minimum absolute atomic E-state index is 0.0951. The van der Waals surface area contributed by atoms with Gasteiger partial charge < -0.3 is 9.64 Å². The second-order valence-corrected chi connectivity index (χ2v) is 4.21. The second kappa shape index (κ2) is 6.87. The number of nitrogens with zero attached hydrogens (tertiary/aromatic N) is 1. The molecule has 1 fully saturated rings. The summed E-state index contributed by atoms with van der Waals surface area (Å²) < 4.78 is 5.86. The molecule has 1 aliphatic rings. The van der Waals surface area contributed by atoms with E-state index in [1.807, 2.05) is 13.8 Å². The Kier molecular flexibility index (Phi) is 5.75. The van der Waals surface area contributed by atoms with Crippen LogP contribution in [0.1, 0.15) is 40.0 Å². The molecule has 1 rings (SSSR count). The highest BCUT2D eigenvalue weighted by Gasteiger charge is 2.20. The molecule has 1 saturated heterocycles. The van der Waals surface area contributed by atoms with E-state index >= 15 is 0 Å². The SMILES string of the molecule is CC#C[C@@H](C)OC1CCN(CCC)CC1. The van der Waals surface area contributed by atoms with Crippen molar-refractivity contribution >= 4 is 0 Å². The summed E-state index contributed by atoms with van der Waals surface area (Å²) in [6.07, 6.45) is 4.10. The molecule has 0 amide bonds. The van der Waals surface area contributed by atoms with Crippen molar-refractivity contribution in [3.63, 3.8) is 0 Å². The molecule has 0 bridgehead atoms. The normalized spacial score (nSPS) is 20.7. The predicted molar refractivity (Wildman–Crippen MR) is 63.8 cm³/mol. The van der Waals surface area contributed by atoms with Gasteiger partial charge in [-0.05, 0) is 39.7 Å². The van der Waals surface area contributed by atoms with Crippen LogP contribution in [-0.2, 0) is 4.74 Å². The average Bonchev–Trinajstić information content (AvgIpc) is 2.22. The lowest BCUT2D eigenvalue weighted by molar-refractivity contribution is -0.0117. The van der Waals surface area contributed by atoms with E-state index in [-0.39, 0.29) is 6.10 Å². The van der Waals surface area contributed by atoms with Gasteiger partial charge in [0.05, 0.1) is 6.10 Å². The van der Waals surface area contributed by atoms with Crippen LogP contribution in [0.3, 0.4) is 0 Å². The second-order valence-electron chi connectivity index (χ2n) is 4.21. The van der Waals surface area contributed by atoms with Gasteiger partial charge in [-0.25, -0.2) is 0 Å². The van der Waals surface area contributed by atoms with Crippen molar-refractivity contribution in [3.8, 4) is 11.8 Å². The van der Waals surface area contributed by atoms with Crippen molar-refractivity contribution in [1.29, 1.82) is 0 Å². The Hall–Kier alpha value is -0.520. The Balaban J connectivity index is 2.21. The molecule has 86 valence electrons. The van der Waals surface area contributed by atoms with Gasteiger partial charge in [-0.3, -0.25) is 0 Å². The van der Waals surface area contributed by atoms with Crippen LogP contribution < -0.4 is 0 Å². The number of ether oxygens (including phenoxy) is 1. The van der Waals surface area contributed by atoms with E-state index in [2.05, 4.69) is 23.7 Å². The van der Waals surface area contributed by atoms with Gasteiger partial charge in [-0.15, -0.1) is 5.92 Å². The zero-order valence-corrected chi connectivity index (χ0v) is 10.3. The lowest BCUT2D eigenvalue weighted by Crippen LogP contribution is -2.38. The third-order valence-electron chi connectivity index (χ3n) is 2.82. The first kappa shape index (κ1) is 12.5. The molecule has 0 saturated carbocycles. The first-order chi connectivity index (χ1) is 7.26. The largest absolute Gasteiger partial charge is 0.362 e. The molecule has 1 heterocycles. The predicted octanol–water partition coefficient (Wildman–Crippen LogP) is 2.29. The van der Waals surface area contributed by atoms with Crippen LogP contribution in [0.4, 0.5) is 0 Å². The minimum Gasteiger partial charge on any atom is -0.362 e. The van der Waals surface area contributed by atoms with Crippen LogP contribution in [0.15, 0.2) is 0 Å². The summed E-state index contributed by atoms with van der Waals surface area (Å²) in [5, 5.41) is 0. The average molecular weight is 209 g/mol. The molecule has 0 aromatic heterocycles. The zero-order valence-electron chi connectivity index (χ0n) is 10.3. The maximum atomic E-state index is 5.86. The maximum Gasteiger partial charge on any atom is 0.115 e. The van der Waals surface area contributed by atoms with E-state index in [4.69, 9.17) is 4.74 Å². The lowest BCUT2D eigenvalue weighted by atomic mass is 10.1. The van der Waals surface area contributed by atoms with E-state index in [0.717, 1.165) is 12.8 Å². The van der Waals surface area contributed by atoms with Crippen LogP contribution in [0, 0.1) is 11.8 Å². The molecule has 0 unspecified atom stereocenters. The van der Waals surface area contributed by atoms with E-state index in [9.17, 15) is 0 Å². The monoisotopic (exact) mass is 209 g/mol. The zero-order chi connectivity index (χ0) is 11.1. The van der Waals surface area contributed by atoms with E-state index in [1.165, 1.54) is 26.1 Å². The van der Waals surface area contributed by atoms with Gasteiger partial charge in [0.2, 0.25) is 0 Å². The first-order valence-corrected chi connectivity index (χ1v) is 6.06. The minimum atomic E-state index is 0.0951. The van der Waals surface area contributed by atoms with Crippen molar-refractivity contribution in [2.45, 2.75) is 52.2 Å². The first-order valence-electron chi connectivity index (χ1n) is 6.06. The van der Waals surface area contributed by atoms with Crippen molar-refractivity contribution in [3.05, 3.63) is 0 Å². The molecule has 0 spiro atoms. The standard InChI is InChI=1S/C13H23NO/c1-4-6-12(3)15-13-7-10-14(9-5-2)11-8-13/h12-13H,5,7-11H2,1-3H3/t12-/m1/s1. The molecule has 2 heteroatoms. The molecule has 0 aromatic carbocycles. The van der Waals surface area contributed by atoms with Crippen molar-refractivity contribution in [2.24, 2.45) is 0 Å². The van der Waals surface area contributed by atoms with Crippen molar-refractivity contribution in [2.75, 3.05) is 19.6 Å². The Bertz CT molecular complexity index is 220. The lowest BCUT2D eigenvalue weighted by Gasteiger charge is -2.32. The Morgan fingerprint density at radius 1 is 1.40 bits per heavy atom. The van der Waals surface area contributed by atoms with Crippen molar-refractivity contribution < 1.29 is 4.74 Å². The number of hydrogen-bond donors (Lipinski definition) is 0. The Labute approximate surface area is 94.0 Å². The molecule has 0 N–H and O–H groups in total. The number of piperidine rings is 1. The van der Waals surface area contributed by atoms with Gasteiger partial charge in [0.1, 0.15) is 6.10 Å². The molecule has 0 aliphatic carbocycles. The summed E-state index contributed by atoms with van der Waals surface area (Å²) in [5.41, 5.74) is 0. The molecule has 0 aromatic rings. The fourth-order valence-electron chi connectivity index (χ4n) is 2.11. The fourth-order valence-corrected chi connectivity index (χ4v) is 2.11. The van der Waals surface area contributed by atoms with Gasteiger partial charge in [0.15, 0.2) is 0 Å². The quantitative estimate of drug-likeness (QED) is 0.659. The number of rotatable bonds is 4. The molecule has 0 radical (unpaired) electrons. The molecule has 1 aliphatic heterocycles. The highest BCUT2D eigenvalue weighted by atomic mass is 16.5. The molecule has 15 heavy (non-hydrogen) atoms. The van der Waals surface area contributed by atoms with Gasteiger partial charge in [-0.2, -0.15) is 0 Å². The summed E-state index contributed by atoms with van der Waals surface area (Å²) >= 11 is 0. The highest BCUT2D eigenvalue weighted by Crippen LogP contribution is 2.15. The van der Waals surface area contributed by atoms with Gasteiger partial charge >= 0.3 is 0 Å². The molecule has 1 atom stereocenters. The fraction of sp³-hybridized carbons (Fsp3) is 0.846. The van der Waals surface area contributed by atoms with E-state index < -0.39 is 0 Å². The van der Waals surface area contributed by atoms with Crippen LogP contribution in [0.2, 0.25) is 0 Å². The number of likely N-dealkylation sites (tertiary alicyclic amines) is 1. The Morgan fingerprint density at radius 2 is 2.07 bits per heavy atom. The Morgan fingerprint density at radius 3 is 2.60 bits per heavy atom. The smallest absolute Gasteiger partial charge is 0.115 e. The molecular weight excluding hydrogens is 186 g/mol. The number of hydrogen-bond acceptors (Lipinski definition) is 2. The van der Waals surface area contributed by atoms with Crippen LogP contribution >= 0.6 is 0 Å². The topological polar surface area (TPSA) is 12.5 Å². The molecule has 2 nitrogen and oxygen atoms in total. The van der Waals surface area contributed by atoms with E-state index in [0.29, 0.717) is 6.10 Å². The van der Waals surface area contributed by atoms with Gasteiger partial charge in [-0.1, -0.05) is 12.8 Å². The summed E-state index contributed by atoms with van der Waals surface area (Å²) in [6, 6.07) is 0. The van der Waals surface area contributed by atoms with Crippen LogP contribution in [0.25, 0.3) is 0 Å². The highest BCUT2D eigenvalue weighted by molar-refractivity contribution is 5.01. The summed E-state index contributed by atoms with van der Waals surface area (Å²) in [4.78, 5) is 2.52.